The number of nitrogens with zero attached hydrogens (tertiary/aromatic N) is 1. The Kier molecular flexibility index (Phi) is 2.78. The van der Waals surface area contributed by atoms with E-state index in [1.807, 2.05) is 48.5 Å². The van der Waals surface area contributed by atoms with E-state index in [1.54, 1.807) is 6.21 Å². The van der Waals surface area contributed by atoms with Gasteiger partial charge in [0.05, 0.1) is 6.21 Å². The number of para-hydroxylation sites is 2. The fraction of sp³-hybridized carbons (Fsp3) is 0. The summed E-state index contributed by atoms with van der Waals surface area (Å²) in [5, 5.41) is 15.8. The molecule has 5 heteroatoms. The number of fused-ring (bicyclic) bond motifs is 4. The standard InChI is InChI=1S/C19H12BNO3/c22-20-17-9-8-12(10-13(17)11-21-24-20)14-5-3-6-16-15-4-1-2-7-18(15)23-19(14)16/h1-11,22H. The third kappa shape index (κ3) is 1.88. The summed E-state index contributed by atoms with van der Waals surface area (Å²) in [7, 11) is -1.01. The summed E-state index contributed by atoms with van der Waals surface area (Å²) in [5.74, 6) is 0. The molecule has 0 saturated carbocycles. The number of oxime groups is 1. The normalized spacial score (nSPS) is 13.3. The second-order valence-corrected chi connectivity index (χ2v) is 5.82. The Morgan fingerprint density at radius 1 is 0.917 bits per heavy atom. The van der Waals surface area contributed by atoms with E-state index in [2.05, 4.69) is 17.3 Å². The number of rotatable bonds is 1. The summed E-state index contributed by atoms with van der Waals surface area (Å²) in [6.45, 7) is 0. The van der Waals surface area contributed by atoms with Gasteiger partial charge in [-0.1, -0.05) is 48.5 Å². The van der Waals surface area contributed by atoms with Crippen molar-refractivity contribution in [1.82, 2.24) is 0 Å². The summed E-state index contributed by atoms with van der Waals surface area (Å²) in [4.78, 5) is 0. The van der Waals surface area contributed by atoms with Gasteiger partial charge in [-0.2, -0.15) is 0 Å². The van der Waals surface area contributed by atoms with Crippen molar-refractivity contribution < 1.29 is 14.2 Å². The topological polar surface area (TPSA) is 55.0 Å². The van der Waals surface area contributed by atoms with Gasteiger partial charge in [-0.05, 0) is 23.3 Å². The van der Waals surface area contributed by atoms with E-state index in [0.717, 1.165) is 38.6 Å². The first kappa shape index (κ1) is 13.4. The van der Waals surface area contributed by atoms with Crippen LogP contribution in [0.4, 0.5) is 0 Å². The number of furan rings is 1. The molecule has 0 spiro atoms. The molecule has 4 aromatic rings. The molecule has 1 aromatic heterocycles. The van der Waals surface area contributed by atoms with Gasteiger partial charge in [-0.15, -0.1) is 5.16 Å². The molecule has 1 N–H and O–H groups in total. The van der Waals surface area contributed by atoms with Gasteiger partial charge in [0.1, 0.15) is 11.2 Å². The van der Waals surface area contributed by atoms with Crippen LogP contribution in [0.15, 0.2) is 70.2 Å². The quantitative estimate of drug-likeness (QED) is 0.549. The maximum absolute atomic E-state index is 9.84. The molecule has 1 aliphatic heterocycles. The zero-order valence-corrected chi connectivity index (χ0v) is 12.6. The zero-order chi connectivity index (χ0) is 16.1. The van der Waals surface area contributed by atoms with E-state index in [0.29, 0.717) is 5.46 Å². The highest BCUT2D eigenvalue weighted by atomic mass is 16.6. The van der Waals surface area contributed by atoms with Crippen molar-refractivity contribution in [2.45, 2.75) is 0 Å². The van der Waals surface area contributed by atoms with Crippen LogP contribution in [0.2, 0.25) is 0 Å². The Hall–Kier alpha value is -3.05. The summed E-state index contributed by atoms with van der Waals surface area (Å²) >= 11 is 0. The van der Waals surface area contributed by atoms with Crippen molar-refractivity contribution in [2.24, 2.45) is 5.16 Å². The SMILES string of the molecule is OB1ON=Cc2cc(-c3cccc4c3oc3ccccc34)ccc21. The first-order chi connectivity index (χ1) is 11.8. The molecule has 5 rings (SSSR count). The van der Waals surface area contributed by atoms with Crippen molar-refractivity contribution in [3.05, 3.63) is 66.2 Å². The highest BCUT2D eigenvalue weighted by Gasteiger charge is 2.25. The molecule has 0 bridgehead atoms. The Morgan fingerprint density at radius 2 is 1.79 bits per heavy atom. The monoisotopic (exact) mass is 313 g/mol. The largest absolute Gasteiger partial charge is 0.583 e. The lowest BCUT2D eigenvalue weighted by Crippen LogP contribution is -2.37. The number of hydrogen-bond acceptors (Lipinski definition) is 4. The lowest BCUT2D eigenvalue weighted by Gasteiger charge is -2.13. The van der Waals surface area contributed by atoms with Crippen LogP contribution in [0.5, 0.6) is 0 Å². The average Bonchev–Trinajstić information content (AvgIpc) is 3.00. The van der Waals surface area contributed by atoms with E-state index in [-0.39, 0.29) is 0 Å². The van der Waals surface area contributed by atoms with Crippen LogP contribution in [0.25, 0.3) is 33.1 Å². The molecule has 114 valence electrons. The number of benzene rings is 3. The van der Waals surface area contributed by atoms with Gasteiger partial charge in [-0.25, -0.2) is 0 Å². The molecule has 3 aromatic carbocycles. The molecule has 0 amide bonds. The van der Waals surface area contributed by atoms with E-state index in [9.17, 15) is 5.02 Å². The van der Waals surface area contributed by atoms with Gasteiger partial charge in [0.25, 0.3) is 0 Å². The highest BCUT2D eigenvalue weighted by molar-refractivity contribution is 6.62. The molecular weight excluding hydrogens is 301 g/mol. The molecular formula is C19H12BNO3. The highest BCUT2D eigenvalue weighted by Crippen LogP contribution is 2.35. The minimum Gasteiger partial charge on any atom is -0.455 e. The molecule has 2 heterocycles. The first-order valence-corrected chi connectivity index (χ1v) is 7.73. The van der Waals surface area contributed by atoms with Crippen LogP contribution in [-0.2, 0) is 4.76 Å². The fourth-order valence-corrected chi connectivity index (χ4v) is 3.26. The van der Waals surface area contributed by atoms with Gasteiger partial charge in [-0.3, -0.25) is 0 Å². The van der Waals surface area contributed by atoms with E-state index in [4.69, 9.17) is 9.17 Å². The minimum absolute atomic E-state index is 0.713. The van der Waals surface area contributed by atoms with Gasteiger partial charge < -0.3 is 14.2 Å². The Bertz CT molecular complexity index is 1120. The summed E-state index contributed by atoms with van der Waals surface area (Å²) in [6, 6.07) is 20.0. The predicted molar refractivity (Wildman–Crippen MR) is 95.4 cm³/mol. The molecule has 0 unspecified atom stereocenters. The van der Waals surface area contributed by atoms with Crippen LogP contribution in [0.3, 0.4) is 0 Å². The molecule has 0 radical (unpaired) electrons. The second kappa shape index (κ2) is 4.98. The Labute approximate surface area is 138 Å². The molecule has 0 aliphatic carbocycles. The molecule has 24 heavy (non-hydrogen) atoms. The van der Waals surface area contributed by atoms with E-state index in [1.165, 1.54) is 0 Å². The van der Waals surface area contributed by atoms with Crippen molar-refractivity contribution in [1.29, 1.82) is 0 Å². The summed E-state index contributed by atoms with van der Waals surface area (Å²) in [5.41, 5.74) is 5.33. The maximum atomic E-state index is 9.84. The molecule has 0 atom stereocenters. The smallest absolute Gasteiger partial charge is 0.455 e. The first-order valence-electron chi connectivity index (χ1n) is 7.73. The molecule has 4 nitrogen and oxygen atoms in total. The fourth-order valence-electron chi connectivity index (χ4n) is 3.26. The van der Waals surface area contributed by atoms with Crippen LogP contribution in [0.1, 0.15) is 5.56 Å². The van der Waals surface area contributed by atoms with Crippen molar-refractivity contribution >= 4 is 40.7 Å². The lowest BCUT2D eigenvalue weighted by atomic mass is 9.75. The van der Waals surface area contributed by atoms with Gasteiger partial charge >= 0.3 is 7.12 Å². The minimum atomic E-state index is -1.01. The number of hydrogen-bond donors (Lipinski definition) is 1. The molecule has 1 aliphatic rings. The summed E-state index contributed by atoms with van der Waals surface area (Å²) in [6.07, 6.45) is 1.62. The van der Waals surface area contributed by atoms with E-state index < -0.39 is 7.12 Å². The third-order valence-electron chi connectivity index (χ3n) is 4.42. The second-order valence-electron chi connectivity index (χ2n) is 5.82. The molecule has 0 saturated heterocycles. The third-order valence-corrected chi connectivity index (χ3v) is 4.42. The van der Waals surface area contributed by atoms with Gasteiger partial charge in [0.2, 0.25) is 0 Å². The molecule has 0 fully saturated rings. The van der Waals surface area contributed by atoms with Crippen LogP contribution in [0, 0.1) is 0 Å². The average molecular weight is 313 g/mol. The van der Waals surface area contributed by atoms with Crippen LogP contribution >= 0.6 is 0 Å². The zero-order valence-electron chi connectivity index (χ0n) is 12.6. The lowest BCUT2D eigenvalue weighted by molar-refractivity contribution is 0.286. The maximum Gasteiger partial charge on any atom is 0.583 e. The van der Waals surface area contributed by atoms with Crippen molar-refractivity contribution in [3.8, 4) is 11.1 Å². The van der Waals surface area contributed by atoms with Gasteiger partial charge in [0.15, 0.2) is 0 Å². The van der Waals surface area contributed by atoms with Crippen LogP contribution in [-0.4, -0.2) is 18.4 Å². The Balaban J connectivity index is 1.77. The van der Waals surface area contributed by atoms with Crippen LogP contribution < -0.4 is 5.46 Å². The Morgan fingerprint density at radius 3 is 2.75 bits per heavy atom. The van der Waals surface area contributed by atoms with Crippen molar-refractivity contribution in [2.75, 3.05) is 0 Å². The van der Waals surface area contributed by atoms with E-state index >= 15 is 0 Å². The van der Waals surface area contributed by atoms with Crippen molar-refractivity contribution in [3.63, 3.8) is 0 Å². The van der Waals surface area contributed by atoms with Gasteiger partial charge in [0, 0.05) is 21.8 Å². The predicted octanol–water partition coefficient (Wildman–Crippen LogP) is 3.30. The summed E-state index contributed by atoms with van der Waals surface area (Å²) < 4.78 is 11.0.